The van der Waals surface area contributed by atoms with Gasteiger partial charge in [-0.2, -0.15) is 5.10 Å². The van der Waals surface area contributed by atoms with Crippen LogP contribution in [0.2, 0.25) is 0 Å². The van der Waals surface area contributed by atoms with Gasteiger partial charge in [0.1, 0.15) is 5.69 Å². The molecule has 0 amide bonds. The maximum Gasteiger partial charge on any atom is 0.231 e. The molecule has 25 heavy (non-hydrogen) atoms. The lowest BCUT2D eigenvalue weighted by atomic mass is 10.0. The molecule has 122 valence electrons. The van der Waals surface area contributed by atoms with Crippen LogP contribution in [0.1, 0.15) is 5.69 Å². The minimum Gasteiger partial charge on any atom is -0.454 e. The predicted octanol–water partition coefficient (Wildman–Crippen LogP) is 4.10. The molecule has 3 aromatic heterocycles. The fourth-order valence-corrected chi connectivity index (χ4v) is 3.19. The van der Waals surface area contributed by atoms with Crippen molar-refractivity contribution >= 4 is 5.52 Å². The second-order valence-electron chi connectivity index (χ2n) is 5.99. The number of aryl methyl sites for hydroxylation is 1. The quantitative estimate of drug-likeness (QED) is 0.555. The number of benzene rings is 1. The number of hydrogen-bond acceptors (Lipinski definition) is 4. The Labute approximate surface area is 144 Å². The Kier molecular flexibility index (Phi) is 3.00. The number of hydrogen-bond donors (Lipinski definition) is 0. The SMILES string of the molecule is Cc1cccc(-c2nn3ccccc3c2-c2ccc3c(c2)OCO3)n1. The summed E-state index contributed by atoms with van der Waals surface area (Å²) in [6.45, 7) is 2.25. The second-order valence-corrected chi connectivity index (χ2v) is 5.99. The van der Waals surface area contributed by atoms with Gasteiger partial charge in [0.15, 0.2) is 11.5 Å². The third kappa shape index (κ3) is 2.24. The second kappa shape index (κ2) is 5.34. The average Bonchev–Trinajstić information content (AvgIpc) is 3.25. The zero-order chi connectivity index (χ0) is 16.8. The van der Waals surface area contributed by atoms with Crippen molar-refractivity contribution in [3.05, 3.63) is 66.5 Å². The van der Waals surface area contributed by atoms with Crippen molar-refractivity contribution in [1.29, 1.82) is 0 Å². The van der Waals surface area contributed by atoms with Gasteiger partial charge < -0.3 is 9.47 Å². The highest BCUT2D eigenvalue weighted by Crippen LogP contribution is 2.40. The normalized spacial score (nSPS) is 12.7. The molecule has 5 rings (SSSR count). The Hall–Kier alpha value is -3.34. The first kappa shape index (κ1) is 14.0. The van der Waals surface area contributed by atoms with Crippen LogP contribution in [0.3, 0.4) is 0 Å². The van der Waals surface area contributed by atoms with Crippen molar-refractivity contribution in [3.8, 4) is 34.0 Å². The molecule has 1 aliphatic heterocycles. The van der Waals surface area contributed by atoms with Crippen LogP contribution in [0.4, 0.5) is 0 Å². The van der Waals surface area contributed by atoms with E-state index in [1.807, 2.05) is 66.2 Å². The Morgan fingerprint density at radius 1 is 0.960 bits per heavy atom. The number of rotatable bonds is 2. The summed E-state index contributed by atoms with van der Waals surface area (Å²) in [5, 5.41) is 4.78. The summed E-state index contributed by atoms with van der Waals surface area (Å²) >= 11 is 0. The summed E-state index contributed by atoms with van der Waals surface area (Å²) < 4.78 is 12.9. The van der Waals surface area contributed by atoms with E-state index >= 15 is 0 Å². The van der Waals surface area contributed by atoms with Gasteiger partial charge in [-0.05, 0) is 48.9 Å². The van der Waals surface area contributed by atoms with E-state index in [1.54, 1.807) is 0 Å². The highest BCUT2D eigenvalue weighted by Gasteiger charge is 2.20. The third-order valence-electron chi connectivity index (χ3n) is 4.33. The van der Waals surface area contributed by atoms with Crippen LogP contribution >= 0.6 is 0 Å². The van der Waals surface area contributed by atoms with Gasteiger partial charge in [-0.15, -0.1) is 0 Å². The maximum absolute atomic E-state index is 5.55. The summed E-state index contributed by atoms with van der Waals surface area (Å²) in [7, 11) is 0. The highest BCUT2D eigenvalue weighted by atomic mass is 16.7. The van der Waals surface area contributed by atoms with Gasteiger partial charge in [-0.1, -0.05) is 18.2 Å². The lowest BCUT2D eigenvalue weighted by Gasteiger charge is -2.05. The zero-order valence-corrected chi connectivity index (χ0v) is 13.6. The maximum atomic E-state index is 5.55. The van der Waals surface area contributed by atoms with E-state index in [0.717, 1.165) is 45.2 Å². The first-order valence-electron chi connectivity index (χ1n) is 8.11. The first-order chi connectivity index (χ1) is 12.3. The molecule has 0 N–H and O–H groups in total. The van der Waals surface area contributed by atoms with Gasteiger partial charge in [-0.3, -0.25) is 4.98 Å². The molecule has 4 heterocycles. The molecule has 5 nitrogen and oxygen atoms in total. The highest BCUT2D eigenvalue weighted by molar-refractivity contribution is 5.92. The van der Waals surface area contributed by atoms with Crippen LogP contribution in [0.5, 0.6) is 11.5 Å². The molecule has 4 aromatic rings. The van der Waals surface area contributed by atoms with Crippen LogP contribution in [-0.2, 0) is 0 Å². The Balaban J connectivity index is 1.80. The van der Waals surface area contributed by atoms with E-state index in [1.165, 1.54) is 0 Å². The molecule has 0 saturated carbocycles. The molecule has 0 atom stereocenters. The van der Waals surface area contributed by atoms with Crippen molar-refractivity contribution in [2.75, 3.05) is 6.79 Å². The summed E-state index contributed by atoms with van der Waals surface area (Å²) in [6, 6.07) is 18.0. The molecule has 0 fully saturated rings. The topological polar surface area (TPSA) is 48.7 Å². The smallest absolute Gasteiger partial charge is 0.231 e. The minimum atomic E-state index is 0.264. The number of fused-ring (bicyclic) bond motifs is 2. The Morgan fingerprint density at radius 2 is 1.88 bits per heavy atom. The largest absolute Gasteiger partial charge is 0.454 e. The van der Waals surface area contributed by atoms with Crippen LogP contribution in [0.25, 0.3) is 28.0 Å². The van der Waals surface area contributed by atoms with E-state index in [-0.39, 0.29) is 6.79 Å². The monoisotopic (exact) mass is 329 g/mol. The van der Waals surface area contributed by atoms with Gasteiger partial charge in [0.05, 0.1) is 11.2 Å². The van der Waals surface area contributed by atoms with Crippen LogP contribution < -0.4 is 9.47 Å². The summed E-state index contributed by atoms with van der Waals surface area (Å²) in [5.41, 5.74) is 5.77. The van der Waals surface area contributed by atoms with Crippen molar-refractivity contribution in [2.45, 2.75) is 6.92 Å². The van der Waals surface area contributed by atoms with Crippen LogP contribution in [0, 0.1) is 6.92 Å². The predicted molar refractivity (Wildman–Crippen MR) is 94.7 cm³/mol. The number of ether oxygens (including phenoxy) is 2. The van der Waals surface area contributed by atoms with Gasteiger partial charge in [0.25, 0.3) is 0 Å². The molecule has 0 spiro atoms. The molecule has 1 aromatic carbocycles. The fraction of sp³-hybridized carbons (Fsp3) is 0.100. The van der Waals surface area contributed by atoms with E-state index in [2.05, 4.69) is 11.1 Å². The molecule has 5 heteroatoms. The van der Waals surface area contributed by atoms with Gasteiger partial charge >= 0.3 is 0 Å². The van der Waals surface area contributed by atoms with Crippen molar-refractivity contribution < 1.29 is 9.47 Å². The fourth-order valence-electron chi connectivity index (χ4n) is 3.19. The summed E-state index contributed by atoms with van der Waals surface area (Å²) in [5.74, 6) is 1.53. The van der Waals surface area contributed by atoms with E-state index in [0.29, 0.717) is 0 Å². The Morgan fingerprint density at radius 3 is 2.80 bits per heavy atom. The minimum absolute atomic E-state index is 0.264. The van der Waals surface area contributed by atoms with Gasteiger partial charge in [0.2, 0.25) is 6.79 Å². The summed E-state index contributed by atoms with van der Waals surface area (Å²) in [6.07, 6.45) is 1.95. The Bertz CT molecular complexity index is 1100. The molecule has 1 aliphatic rings. The molecule has 0 bridgehead atoms. The van der Waals surface area contributed by atoms with Crippen molar-refractivity contribution in [2.24, 2.45) is 0 Å². The third-order valence-corrected chi connectivity index (χ3v) is 4.33. The molecule has 0 radical (unpaired) electrons. The van der Waals surface area contributed by atoms with Gasteiger partial charge in [-0.25, -0.2) is 4.52 Å². The lowest BCUT2D eigenvalue weighted by Crippen LogP contribution is -1.92. The first-order valence-corrected chi connectivity index (χ1v) is 8.11. The lowest BCUT2D eigenvalue weighted by molar-refractivity contribution is 0.174. The van der Waals surface area contributed by atoms with Crippen LogP contribution in [0.15, 0.2) is 60.8 Å². The zero-order valence-electron chi connectivity index (χ0n) is 13.6. The number of pyridine rings is 2. The van der Waals surface area contributed by atoms with Crippen molar-refractivity contribution in [1.82, 2.24) is 14.6 Å². The molecule has 0 saturated heterocycles. The van der Waals surface area contributed by atoms with Crippen LogP contribution in [-0.4, -0.2) is 21.4 Å². The van der Waals surface area contributed by atoms with Crippen molar-refractivity contribution in [3.63, 3.8) is 0 Å². The standard InChI is InChI=1S/C20H15N3O2/c1-13-5-4-6-15(21-13)20-19(16-7-2-3-10-23(16)22-20)14-8-9-17-18(11-14)25-12-24-17/h2-11H,12H2,1H3. The molecular formula is C20H15N3O2. The van der Waals surface area contributed by atoms with E-state index in [9.17, 15) is 0 Å². The molecule has 0 aliphatic carbocycles. The van der Waals surface area contributed by atoms with Gasteiger partial charge in [0, 0.05) is 17.5 Å². The van der Waals surface area contributed by atoms with E-state index < -0.39 is 0 Å². The average molecular weight is 329 g/mol. The summed E-state index contributed by atoms with van der Waals surface area (Å²) in [4.78, 5) is 4.67. The molecular weight excluding hydrogens is 314 g/mol. The molecule has 0 unspecified atom stereocenters. The number of nitrogens with zero attached hydrogens (tertiary/aromatic N) is 3. The number of aromatic nitrogens is 3. The van der Waals surface area contributed by atoms with E-state index in [4.69, 9.17) is 14.6 Å².